The van der Waals surface area contributed by atoms with Gasteiger partial charge in [0.2, 0.25) is 0 Å². The van der Waals surface area contributed by atoms with E-state index in [4.69, 9.17) is 14.6 Å². The van der Waals surface area contributed by atoms with E-state index < -0.39 is 5.97 Å². The molecule has 0 bridgehead atoms. The third-order valence-electron chi connectivity index (χ3n) is 2.96. The Bertz CT molecular complexity index is 647. The van der Waals surface area contributed by atoms with Gasteiger partial charge in [0.05, 0.1) is 18.8 Å². The summed E-state index contributed by atoms with van der Waals surface area (Å²) in [5.74, 6) is 0.403. The molecule has 0 aromatic heterocycles. The van der Waals surface area contributed by atoms with Gasteiger partial charge >= 0.3 is 5.97 Å². The van der Waals surface area contributed by atoms with Crippen molar-refractivity contribution >= 4 is 5.97 Å². The number of ether oxygens (including phenoxy) is 2. The zero-order chi connectivity index (χ0) is 15.4. The molecule has 0 aliphatic heterocycles. The summed E-state index contributed by atoms with van der Waals surface area (Å²) in [6, 6.07) is 12.3. The van der Waals surface area contributed by atoms with Crippen LogP contribution in [-0.4, -0.2) is 24.3 Å². The lowest BCUT2D eigenvalue weighted by atomic mass is 10.0. The van der Waals surface area contributed by atoms with Gasteiger partial charge in [-0.05, 0) is 49.7 Å². The molecule has 0 heterocycles. The molecular formula is C17H18O4. The minimum absolute atomic E-state index is 0.0764. The van der Waals surface area contributed by atoms with Crippen molar-refractivity contribution in [2.45, 2.75) is 20.0 Å². The number of benzene rings is 2. The van der Waals surface area contributed by atoms with E-state index in [-0.39, 0.29) is 11.7 Å². The summed E-state index contributed by atoms with van der Waals surface area (Å²) in [7, 11) is 1.56. The molecule has 0 radical (unpaired) electrons. The maximum Gasteiger partial charge on any atom is 0.335 e. The Morgan fingerprint density at radius 3 is 2.52 bits per heavy atom. The Morgan fingerprint density at radius 2 is 1.90 bits per heavy atom. The van der Waals surface area contributed by atoms with E-state index in [0.717, 1.165) is 16.9 Å². The first-order valence-corrected chi connectivity index (χ1v) is 6.69. The van der Waals surface area contributed by atoms with Crippen molar-refractivity contribution in [1.29, 1.82) is 0 Å². The second kappa shape index (κ2) is 6.31. The highest BCUT2D eigenvalue weighted by Gasteiger charge is 2.11. The van der Waals surface area contributed by atoms with Crippen LogP contribution in [0, 0.1) is 0 Å². The smallest absolute Gasteiger partial charge is 0.335 e. The van der Waals surface area contributed by atoms with Gasteiger partial charge in [-0.15, -0.1) is 0 Å². The fourth-order valence-corrected chi connectivity index (χ4v) is 2.08. The van der Waals surface area contributed by atoms with Crippen molar-refractivity contribution in [3.8, 4) is 22.6 Å². The molecule has 4 heteroatoms. The second-order valence-electron chi connectivity index (χ2n) is 4.91. The fraction of sp³-hybridized carbons (Fsp3) is 0.235. The van der Waals surface area contributed by atoms with Crippen LogP contribution in [0.1, 0.15) is 24.2 Å². The van der Waals surface area contributed by atoms with E-state index in [2.05, 4.69) is 0 Å². The number of carboxylic acid groups (broad SMARTS) is 1. The van der Waals surface area contributed by atoms with Crippen LogP contribution in [0.5, 0.6) is 11.5 Å². The predicted molar refractivity (Wildman–Crippen MR) is 81.2 cm³/mol. The Labute approximate surface area is 123 Å². The fourth-order valence-electron chi connectivity index (χ4n) is 2.08. The van der Waals surface area contributed by atoms with E-state index in [1.807, 2.05) is 38.1 Å². The van der Waals surface area contributed by atoms with E-state index in [1.54, 1.807) is 19.2 Å². The quantitative estimate of drug-likeness (QED) is 0.907. The number of carboxylic acids is 1. The number of hydrogen-bond acceptors (Lipinski definition) is 3. The number of hydrogen-bond donors (Lipinski definition) is 1. The van der Waals surface area contributed by atoms with E-state index in [1.165, 1.54) is 6.07 Å². The Balaban J connectivity index is 2.49. The van der Waals surface area contributed by atoms with Crippen LogP contribution in [0.3, 0.4) is 0 Å². The van der Waals surface area contributed by atoms with Gasteiger partial charge in [0, 0.05) is 5.56 Å². The summed E-state index contributed by atoms with van der Waals surface area (Å²) in [5.41, 5.74) is 1.81. The molecule has 0 spiro atoms. The Hall–Kier alpha value is -2.49. The summed E-state index contributed by atoms with van der Waals surface area (Å²) in [5, 5.41) is 9.13. The summed E-state index contributed by atoms with van der Waals surface area (Å²) in [4.78, 5) is 11.1. The normalized spacial score (nSPS) is 10.5. The van der Waals surface area contributed by atoms with E-state index >= 15 is 0 Å². The third kappa shape index (κ3) is 3.54. The first-order chi connectivity index (χ1) is 10.0. The summed E-state index contributed by atoms with van der Waals surface area (Å²) in [6.45, 7) is 3.91. The van der Waals surface area contributed by atoms with Crippen LogP contribution in [0.2, 0.25) is 0 Å². The molecule has 0 saturated heterocycles. The number of rotatable bonds is 5. The first kappa shape index (κ1) is 14.9. The van der Waals surface area contributed by atoms with Crippen molar-refractivity contribution < 1.29 is 19.4 Å². The summed E-state index contributed by atoms with van der Waals surface area (Å²) in [6.07, 6.45) is 0.0764. The third-order valence-corrected chi connectivity index (χ3v) is 2.96. The number of aromatic carboxylic acids is 1. The van der Waals surface area contributed by atoms with Gasteiger partial charge in [-0.1, -0.05) is 12.1 Å². The van der Waals surface area contributed by atoms with Crippen LogP contribution < -0.4 is 9.47 Å². The molecule has 2 aromatic rings. The van der Waals surface area contributed by atoms with Crippen molar-refractivity contribution in [3.63, 3.8) is 0 Å². The largest absolute Gasteiger partial charge is 0.496 e. The molecule has 110 valence electrons. The van der Waals surface area contributed by atoms with Crippen molar-refractivity contribution in [3.05, 3.63) is 48.0 Å². The Kier molecular flexibility index (Phi) is 4.48. The molecule has 0 unspecified atom stereocenters. The van der Waals surface area contributed by atoms with Gasteiger partial charge in [0.25, 0.3) is 0 Å². The molecule has 4 nitrogen and oxygen atoms in total. The average molecular weight is 286 g/mol. The lowest BCUT2D eigenvalue weighted by molar-refractivity contribution is 0.0697. The topological polar surface area (TPSA) is 55.8 Å². The molecular weight excluding hydrogens is 268 g/mol. The Morgan fingerprint density at radius 1 is 1.14 bits per heavy atom. The monoisotopic (exact) mass is 286 g/mol. The van der Waals surface area contributed by atoms with Crippen LogP contribution in [-0.2, 0) is 0 Å². The lowest BCUT2D eigenvalue weighted by Gasteiger charge is -2.13. The standard InChI is InChI=1S/C17H18O4/c1-11(2)21-14-6-4-5-12(9-14)15-10-13(17(18)19)7-8-16(15)20-3/h4-11H,1-3H3,(H,18,19). The minimum atomic E-state index is -0.964. The van der Waals surface area contributed by atoms with Crippen LogP contribution >= 0.6 is 0 Å². The van der Waals surface area contributed by atoms with Crippen molar-refractivity contribution in [1.82, 2.24) is 0 Å². The van der Waals surface area contributed by atoms with Gasteiger partial charge in [-0.25, -0.2) is 4.79 Å². The van der Waals surface area contributed by atoms with E-state index in [9.17, 15) is 4.79 Å². The average Bonchev–Trinajstić information content (AvgIpc) is 2.46. The van der Waals surface area contributed by atoms with E-state index in [0.29, 0.717) is 5.75 Å². The van der Waals surface area contributed by atoms with Gasteiger partial charge in [0.1, 0.15) is 11.5 Å². The predicted octanol–water partition coefficient (Wildman–Crippen LogP) is 3.85. The minimum Gasteiger partial charge on any atom is -0.496 e. The molecule has 2 rings (SSSR count). The lowest BCUT2D eigenvalue weighted by Crippen LogP contribution is -2.05. The molecule has 21 heavy (non-hydrogen) atoms. The van der Waals surface area contributed by atoms with Gasteiger partial charge in [-0.3, -0.25) is 0 Å². The van der Waals surface area contributed by atoms with Crippen LogP contribution in [0.15, 0.2) is 42.5 Å². The van der Waals surface area contributed by atoms with Gasteiger partial charge in [-0.2, -0.15) is 0 Å². The van der Waals surface area contributed by atoms with Crippen molar-refractivity contribution in [2.75, 3.05) is 7.11 Å². The second-order valence-corrected chi connectivity index (χ2v) is 4.91. The highest BCUT2D eigenvalue weighted by molar-refractivity contribution is 5.90. The van der Waals surface area contributed by atoms with Gasteiger partial charge in [0.15, 0.2) is 0 Å². The maximum absolute atomic E-state index is 11.1. The first-order valence-electron chi connectivity index (χ1n) is 6.69. The highest BCUT2D eigenvalue weighted by Crippen LogP contribution is 2.33. The van der Waals surface area contributed by atoms with Crippen LogP contribution in [0.4, 0.5) is 0 Å². The number of methoxy groups -OCH3 is 1. The summed E-state index contributed by atoms with van der Waals surface area (Å²) >= 11 is 0. The van der Waals surface area contributed by atoms with Crippen molar-refractivity contribution in [2.24, 2.45) is 0 Å². The molecule has 2 aromatic carbocycles. The highest BCUT2D eigenvalue weighted by atomic mass is 16.5. The zero-order valence-corrected chi connectivity index (χ0v) is 12.3. The van der Waals surface area contributed by atoms with Crippen LogP contribution in [0.25, 0.3) is 11.1 Å². The molecule has 0 aliphatic carbocycles. The molecule has 0 fully saturated rings. The molecule has 1 N–H and O–H groups in total. The number of carbonyl (C=O) groups is 1. The maximum atomic E-state index is 11.1. The summed E-state index contributed by atoms with van der Waals surface area (Å²) < 4.78 is 11.0. The molecule has 0 atom stereocenters. The SMILES string of the molecule is COc1ccc(C(=O)O)cc1-c1cccc(OC(C)C)c1. The molecule has 0 amide bonds. The van der Waals surface area contributed by atoms with Gasteiger partial charge < -0.3 is 14.6 Å². The molecule has 0 aliphatic rings. The molecule has 0 saturated carbocycles. The zero-order valence-electron chi connectivity index (χ0n) is 12.3.